The molecule has 0 fully saturated rings. The van der Waals surface area contributed by atoms with Crippen LogP contribution in [0, 0.1) is 5.82 Å². The number of nitrogens with two attached hydrogens (primary N) is 1. The van der Waals surface area contributed by atoms with E-state index in [1.807, 2.05) is 0 Å². The second-order valence-corrected chi connectivity index (χ2v) is 6.36. The van der Waals surface area contributed by atoms with E-state index in [1.165, 1.54) is 12.1 Å². The zero-order valence-corrected chi connectivity index (χ0v) is 11.2. The summed E-state index contributed by atoms with van der Waals surface area (Å²) >= 11 is 0. The van der Waals surface area contributed by atoms with Crippen LogP contribution in [0.3, 0.4) is 0 Å². The zero-order chi connectivity index (χ0) is 13.6. The van der Waals surface area contributed by atoms with Crippen LogP contribution in [0.5, 0.6) is 5.75 Å². The van der Waals surface area contributed by atoms with Gasteiger partial charge < -0.3 is 10.5 Å². The fraction of sp³-hybridized carbons (Fsp3) is 0.500. The normalized spacial score (nSPS) is 11.5. The third-order valence-corrected chi connectivity index (χ3v) is 4.19. The van der Waals surface area contributed by atoms with Gasteiger partial charge in [0, 0.05) is 5.75 Å². The van der Waals surface area contributed by atoms with Crippen LogP contribution in [-0.4, -0.2) is 33.1 Å². The highest BCUT2D eigenvalue weighted by molar-refractivity contribution is 7.91. The quantitative estimate of drug-likeness (QED) is 0.810. The van der Waals surface area contributed by atoms with Crippen molar-refractivity contribution >= 4 is 9.84 Å². The molecule has 0 bridgehead atoms. The first-order valence-corrected chi connectivity index (χ1v) is 7.62. The summed E-state index contributed by atoms with van der Waals surface area (Å²) in [5, 5.41) is 0. The summed E-state index contributed by atoms with van der Waals surface area (Å²) in [6.45, 7) is 1.98. The molecule has 0 unspecified atom stereocenters. The highest BCUT2D eigenvalue weighted by Crippen LogP contribution is 2.18. The topological polar surface area (TPSA) is 69.4 Å². The molecule has 0 atom stereocenters. The molecular formula is C12H18FNO3S. The molecule has 0 aliphatic heterocycles. The van der Waals surface area contributed by atoms with E-state index in [0.717, 1.165) is 5.56 Å². The first kappa shape index (κ1) is 14.9. The Bertz CT molecular complexity index is 488. The number of ether oxygens (including phenoxy) is 1. The van der Waals surface area contributed by atoms with Crippen LogP contribution in [0.25, 0.3) is 0 Å². The average molecular weight is 275 g/mol. The average Bonchev–Trinajstić information content (AvgIpc) is 2.32. The molecule has 102 valence electrons. The molecular weight excluding hydrogens is 257 g/mol. The SMILES string of the molecule is CCS(=O)(=O)CCOc1ccc(CCN)cc1F. The molecule has 0 aromatic heterocycles. The molecule has 0 radical (unpaired) electrons. The Hall–Kier alpha value is -1.14. The van der Waals surface area contributed by atoms with E-state index in [4.69, 9.17) is 10.5 Å². The minimum atomic E-state index is -3.08. The Balaban J connectivity index is 2.58. The molecule has 2 N–H and O–H groups in total. The van der Waals surface area contributed by atoms with Gasteiger partial charge in [-0.15, -0.1) is 0 Å². The number of rotatable bonds is 7. The molecule has 1 aromatic carbocycles. The molecule has 1 aromatic rings. The highest BCUT2D eigenvalue weighted by Gasteiger charge is 2.09. The molecule has 0 saturated carbocycles. The van der Waals surface area contributed by atoms with Crippen molar-refractivity contribution in [3.05, 3.63) is 29.6 Å². The van der Waals surface area contributed by atoms with Crippen LogP contribution in [0.4, 0.5) is 4.39 Å². The lowest BCUT2D eigenvalue weighted by molar-refractivity contribution is 0.322. The molecule has 0 amide bonds. The van der Waals surface area contributed by atoms with Crippen molar-refractivity contribution in [2.75, 3.05) is 24.7 Å². The van der Waals surface area contributed by atoms with Gasteiger partial charge in [-0.3, -0.25) is 0 Å². The Morgan fingerprint density at radius 1 is 1.39 bits per heavy atom. The molecule has 4 nitrogen and oxygen atoms in total. The van der Waals surface area contributed by atoms with Crippen molar-refractivity contribution in [1.82, 2.24) is 0 Å². The van der Waals surface area contributed by atoms with Gasteiger partial charge in [0.15, 0.2) is 21.4 Å². The third-order valence-electron chi connectivity index (χ3n) is 2.52. The van der Waals surface area contributed by atoms with Gasteiger partial charge in [0.2, 0.25) is 0 Å². The van der Waals surface area contributed by atoms with Crippen LogP contribution in [-0.2, 0) is 16.3 Å². The minimum Gasteiger partial charge on any atom is -0.489 e. The van der Waals surface area contributed by atoms with E-state index < -0.39 is 15.7 Å². The van der Waals surface area contributed by atoms with Crippen molar-refractivity contribution in [2.24, 2.45) is 5.73 Å². The fourth-order valence-corrected chi connectivity index (χ4v) is 2.03. The number of hydrogen-bond donors (Lipinski definition) is 1. The number of hydrogen-bond acceptors (Lipinski definition) is 4. The van der Waals surface area contributed by atoms with E-state index >= 15 is 0 Å². The second-order valence-electron chi connectivity index (χ2n) is 3.89. The minimum absolute atomic E-state index is 0.0384. The molecule has 6 heteroatoms. The van der Waals surface area contributed by atoms with Gasteiger partial charge in [-0.05, 0) is 30.7 Å². The highest BCUT2D eigenvalue weighted by atomic mass is 32.2. The smallest absolute Gasteiger partial charge is 0.165 e. The Morgan fingerprint density at radius 2 is 2.11 bits per heavy atom. The maximum atomic E-state index is 13.6. The van der Waals surface area contributed by atoms with Gasteiger partial charge in [0.1, 0.15) is 6.61 Å². The number of benzene rings is 1. The van der Waals surface area contributed by atoms with E-state index in [0.29, 0.717) is 13.0 Å². The predicted octanol–water partition coefficient (Wildman–Crippen LogP) is 1.14. The Labute approximate surface area is 107 Å². The summed E-state index contributed by atoms with van der Waals surface area (Å²) < 4.78 is 41.1. The summed E-state index contributed by atoms with van der Waals surface area (Å²) in [5.74, 6) is -0.459. The summed E-state index contributed by atoms with van der Waals surface area (Å²) in [7, 11) is -3.08. The standard InChI is InChI=1S/C12H18FNO3S/c1-2-18(15,16)8-7-17-12-4-3-10(5-6-14)9-11(12)13/h3-4,9H,2,5-8,14H2,1H3. The molecule has 0 aliphatic rings. The van der Waals surface area contributed by atoms with Crippen molar-refractivity contribution in [2.45, 2.75) is 13.3 Å². The van der Waals surface area contributed by atoms with Crippen molar-refractivity contribution in [3.63, 3.8) is 0 Å². The van der Waals surface area contributed by atoms with Gasteiger partial charge in [-0.1, -0.05) is 13.0 Å². The largest absolute Gasteiger partial charge is 0.489 e. The van der Waals surface area contributed by atoms with Crippen LogP contribution >= 0.6 is 0 Å². The van der Waals surface area contributed by atoms with Crippen molar-refractivity contribution in [3.8, 4) is 5.75 Å². The van der Waals surface area contributed by atoms with Gasteiger partial charge in [-0.2, -0.15) is 0 Å². The van der Waals surface area contributed by atoms with Crippen molar-refractivity contribution < 1.29 is 17.5 Å². The lowest BCUT2D eigenvalue weighted by Gasteiger charge is -2.08. The maximum Gasteiger partial charge on any atom is 0.165 e. The van der Waals surface area contributed by atoms with Gasteiger partial charge in [0.05, 0.1) is 5.75 Å². The van der Waals surface area contributed by atoms with Crippen LogP contribution in [0.1, 0.15) is 12.5 Å². The van der Waals surface area contributed by atoms with E-state index in [-0.39, 0.29) is 23.9 Å². The fourth-order valence-electron chi connectivity index (χ4n) is 1.41. The van der Waals surface area contributed by atoms with Crippen LogP contribution in [0.15, 0.2) is 18.2 Å². The van der Waals surface area contributed by atoms with E-state index in [2.05, 4.69) is 0 Å². The summed E-state index contributed by atoms with van der Waals surface area (Å²) in [5.41, 5.74) is 6.17. The number of sulfone groups is 1. The molecule has 1 rings (SSSR count). The summed E-state index contributed by atoms with van der Waals surface area (Å²) in [6, 6.07) is 4.58. The lowest BCUT2D eigenvalue weighted by Crippen LogP contribution is -2.16. The molecule has 0 saturated heterocycles. The van der Waals surface area contributed by atoms with Crippen LogP contribution in [0.2, 0.25) is 0 Å². The predicted molar refractivity (Wildman–Crippen MR) is 69.0 cm³/mol. The summed E-state index contributed by atoms with van der Waals surface area (Å²) in [6.07, 6.45) is 0.599. The third kappa shape index (κ3) is 4.62. The molecule has 18 heavy (non-hydrogen) atoms. The van der Waals surface area contributed by atoms with Crippen molar-refractivity contribution in [1.29, 1.82) is 0 Å². The Kier molecular flexibility index (Phi) is 5.55. The van der Waals surface area contributed by atoms with E-state index in [1.54, 1.807) is 13.0 Å². The van der Waals surface area contributed by atoms with E-state index in [9.17, 15) is 12.8 Å². The van der Waals surface area contributed by atoms with Crippen LogP contribution < -0.4 is 10.5 Å². The molecule has 0 spiro atoms. The molecule has 0 aliphatic carbocycles. The van der Waals surface area contributed by atoms with Gasteiger partial charge in [0.25, 0.3) is 0 Å². The Morgan fingerprint density at radius 3 is 2.67 bits per heavy atom. The van der Waals surface area contributed by atoms with Gasteiger partial charge in [-0.25, -0.2) is 12.8 Å². The van der Waals surface area contributed by atoms with Gasteiger partial charge >= 0.3 is 0 Å². The first-order valence-electron chi connectivity index (χ1n) is 5.80. The zero-order valence-electron chi connectivity index (χ0n) is 10.4. The molecule has 0 heterocycles. The lowest BCUT2D eigenvalue weighted by atomic mass is 10.1. The summed E-state index contributed by atoms with van der Waals surface area (Å²) in [4.78, 5) is 0. The second kappa shape index (κ2) is 6.70. The number of halogens is 1. The monoisotopic (exact) mass is 275 g/mol. The first-order chi connectivity index (χ1) is 8.48. The maximum absolute atomic E-state index is 13.6.